The van der Waals surface area contributed by atoms with Gasteiger partial charge in [-0.2, -0.15) is 10.4 Å². The van der Waals surface area contributed by atoms with E-state index in [0.29, 0.717) is 42.6 Å². The molecule has 4 rings (SSSR count). The normalized spacial score (nSPS) is 14.4. The number of hydrogen-bond donors (Lipinski definition) is 0. The fourth-order valence-corrected chi connectivity index (χ4v) is 3.40. The SMILES string of the molecule is N#CC(=Cc1cn(-c2ccccc2)nc1-c1ccc(Cl)cc1)C(=O)N1CCOCC1. The molecular formula is C23H19ClN4O2. The molecule has 1 fully saturated rings. The first kappa shape index (κ1) is 19.9. The molecule has 1 aliphatic heterocycles. The van der Waals surface area contributed by atoms with Crippen LogP contribution in [-0.4, -0.2) is 46.9 Å². The van der Waals surface area contributed by atoms with Crippen LogP contribution in [0.1, 0.15) is 5.56 Å². The number of carbonyl (C=O) groups excluding carboxylic acids is 1. The predicted octanol–water partition coefficient (Wildman–Crippen LogP) is 3.96. The Kier molecular flexibility index (Phi) is 5.94. The van der Waals surface area contributed by atoms with E-state index in [1.165, 1.54) is 0 Å². The number of rotatable bonds is 4. The number of ether oxygens (including phenoxy) is 1. The third kappa shape index (κ3) is 4.28. The second-order valence-electron chi connectivity index (χ2n) is 6.79. The van der Waals surface area contributed by atoms with Crippen molar-refractivity contribution in [3.8, 4) is 23.0 Å². The monoisotopic (exact) mass is 418 g/mol. The van der Waals surface area contributed by atoms with Crippen molar-refractivity contribution in [2.45, 2.75) is 0 Å². The Morgan fingerprint density at radius 3 is 2.47 bits per heavy atom. The van der Waals surface area contributed by atoms with Gasteiger partial charge in [-0.25, -0.2) is 4.68 Å². The average Bonchev–Trinajstić information content (AvgIpc) is 3.22. The van der Waals surface area contributed by atoms with Gasteiger partial charge < -0.3 is 9.64 Å². The molecule has 0 radical (unpaired) electrons. The second-order valence-corrected chi connectivity index (χ2v) is 7.23. The van der Waals surface area contributed by atoms with Crippen LogP contribution >= 0.6 is 11.6 Å². The van der Waals surface area contributed by atoms with Gasteiger partial charge in [0.25, 0.3) is 5.91 Å². The lowest BCUT2D eigenvalue weighted by Crippen LogP contribution is -2.41. The lowest BCUT2D eigenvalue weighted by atomic mass is 10.1. The zero-order valence-electron chi connectivity index (χ0n) is 16.2. The van der Waals surface area contributed by atoms with Crippen LogP contribution in [-0.2, 0) is 9.53 Å². The van der Waals surface area contributed by atoms with Gasteiger partial charge in [0.15, 0.2) is 0 Å². The van der Waals surface area contributed by atoms with Gasteiger partial charge in [0.2, 0.25) is 0 Å². The molecular weight excluding hydrogens is 400 g/mol. The molecule has 0 unspecified atom stereocenters. The number of carbonyl (C=O) groups is 1. The van der Waals surface area contributed by atoms with Crippen molar-refractivity contribution in [2.75, 3.05) is 26.3 Å². The van der Waals surface area contributed by atoms with Crippen molar-refractivity contribution >= 4 is 23.6 Å². The predicted molar refractivity (Wildman–Crippen MR) is 115 cm³/mol. The molecule has 1 aromatic heterocycles. The maximum Gasteiger partial charge on any atom is 0.264 e. The van der Waals surface area contributed by atoms with Gasteiger partial charge in [-0.1, -0.05) is 41.9 Å². The van der Waals surface area contributed by atoms with Gasteiger partial charge in [-0.3, -0.25) is 4.79 Å². The summed E-state index contributed by atoms with van der Waals surface area (Å²) < 4.78 is 7.04. The summed E-state index contributed by atoms with van der Waals surface area (Å²) in [5.41, 5.74) is 3.14. The van der Waals surface area contributed by atoms with Crippen molar-refractivity contribution in [3.63, 3.8) is 0 Å². The molecule has 2 heterocycles. The maximum absolute atomic E-state index is 12.8. The van der Waals surface area contributed by atoms with E-state index in [9.17, 15) is 10.1 Å². The topological polar surface area (TPSA) is 71.2 Å². The highest BCUT2D eigenvalue weighted by Gasteiger charge is 2.22. The summed E-state index contributed by atoms with van der Waals surface area (Å²) in [6.45, 7) is 1.91. The van der Waals surface area contributed by atoms with Gasteiger partial charge in [-0.05, 0) is 30.3 Å². The lowest BCUT2D eigenvalue weighted by molar-refractivity contribution is -0.130. The zero-order valence-corrected chi connectivity index (χ0v) is 16.9. The molecule has 0 N–H and O–H groups in total. The first-order valence-corrected chi connectivity index (χ1v) is 9.93. The van der Waals surface area contributed by atoms with Crippen LogP contribution in [0.4, 0.5) is 0 Å². The van der Waals surface area contributed by atoms with E-state index < -0.39 is 0 Å². The highest BCUT2D eigenvalue weighted by Crippen LogP contribution is 2.27. The Morgan fingerprint density at radius 1 is 1.10 bits per heavy atom. The third-order valence-electron chi connectivity index (χ3n) is 4.83. The molecule has 30 heavy (non-hydrogen) atoms. The molecule has 6 nitrogen and oxygen atoms in total. The van der Waals surface area contributed by atoms with Crippen LogP contribution < -0.4 is 0 Å². The Hall–Kier alpha value is -3.40. The van der Waals surface area contributed by atoms with E-state index >= 15 is 0 Å². The summed E-state index contributed by atoms with van der Waals surface area (Å²) in [5.74, 6) is -0.296. The minimum absolute atomic E-state index is 0.0692. The van der Waals surface area contributed by atoms with Gasteiger partial charge >= 0.3 is 0 Å². The molecule has 0 atom stereocenters. The van der Waals surface area contributed by atoms with E-state index in [4.69, 9.17) is 21.4 Å². The molecule has 0 bridgehead atoms. The van der Waals surface area contributed by atoms with E-state index in [2.05, 4.69) is 6.07 Å². The fraction of sp³-hybridized carbons (Fsp3) is 0.174. The number of hydrogen-bond acceptors (Lipinski definition) is 4. The minimum atomic E-state index is -0.296. The molecule has 0 saturated carbocycles. The second kappa shape index (κ2) is 8.95. The number of nitriles is 1. The standard InChI is InChI=1S/C23H19ClN4O2/c24-20-8-6-17(7-9-20)22-19(16-28(26-22)21-4-2-1-3-5-21)14-18(15-25)23(29)27-10-12-30-13-11-27/h1-9,14,16H,10-13H2. The summed E-state index contributed by atoms with van der Waals surface area (Å²) in [6, 6.07) is 19.0. The molecule has 0 aliphatic carbocycles. The number of para-hydroxylation sites is 1. The van der Waals surface area contributed by atoms with Crippen LogP contribution in [0.15, 0.2) is 66.4 Å². The Labute approximate surface area is 179 Å². The van der Waals surface area contributed by atoms with Crippen LogP contribution in [0.5, 0.6) is 0 Å². The number of aromatic nitrogens is 2. The van der Waals surface area contributed by atoms with E-state index in [1.54, 1.807) is 27.8 Å². The Balaban J connectivity index is 1.77. The molecule has 3 aromatic rings. The number of amides is 1. The number of benzene rings is 2. The minimum Gasteiger partial charge on any atom is -0.378 e. The summed E-state index contributed by atoms with van der Waals surface area (Å²) in [7, 11) is 0. The van der Waals surface area contributed by atoms with Gasteiger partial charge in [0.05, 0.1) is 24.6 Å². The van der Waals surface area contributed by atoms with Crippen molar-refractivity contribution in [2.24, 2.45) is 0 Å². The molecule has 150 valence electrons. The Morgan fingerprint density at radius 2 is 1.80 bits per heavy atom. The van der Waals surface area contributed by atoms with E-state index in [0.717, 1.165) is 11.3 Å². The summed E-state index contributed by atoms with van der Waals surface area (Å²) >= 11 is 6.03. The first-order chi connectivity index (χ1) is 14.7. The van der Waals surface area contributed by atoms with Gasteiger partial charge in [-0.15, -0.1) is 0 Å². The third-order valence-corrected chi connectivity index (χ3v) is 5.08. The van der Waals surface area contributed by atoms with Gasteiger partial charge in [0, 0.05) is 35.4 Å². The zero-order chi connectivity index (χ0) is 20.9. The van der Waals surface area contributed by atoms with E-state index in [1.807, 2.05) is 48.7 Å². The van der Waals surface area contributed by atoms with Crippen molar-refractivity contribution in [1.82, 2.24) is 14.7 Å². The average molecular weight is 419 g/mol. The molecule has 1 saturated heterocycles. The summed E-state index contributed by atoms with van der Waals surface area (Å²) in [4.78, 5) is 14.5. The number of halogens is 1. The summed E-state index contributed by atoms with van der Waals surface area (Å²) in [6.07, 6.45) is 3.43. The first-order valence-electron chi connectivity index (χ1n) is 9.55. The van der Waals surface area contributed by atoms with Crippen LogP contribution in [0.3, 0.4) is 0 Å². The molecule has 1 amide bonds. The van der Waals surface area contributed by atoms with Crippen molar-refractivity contribution < 1.29 is 9.53 Å². The highest BCUT2D eigenvalue weighted by atomic mass is 35.5. The molecule has 2 aromatic carbocycles. The van der Waals surface area contributed by atoms with Gasteiger partial charge in [0.1, 0.15) is 11.6 Å². The largest absolute Gasteiger partial charge is 0.378 e. The van der Waals surface area contributed by atoms with Crippen molar-refractivity contribution in [1.29, 1.82) is 5.26 Å². The molecule has 1 aliphatic rings. The maximum atomic E-state index is 12.8. The molecule has 7 heteroatoms. The van der Waals surface area contributed by atoms with Crippen LogP contribution in [0, 0.1) is 11.3 Å². The summed E-state index contributed by atoms with van der Waals surface area (Å²) in [5, 5.41) is 15.0. The number of nitrogens with zero attached hydrogens (tertiary/aromatic N) is 4. The fourth-order valence-electron chi connectivity index (χ4n) is 3.27. The molecule has 0 spiro atoms. The van der Waals surface area contributed by atoms with Crippen LogP contribution in [0.2, 0.25) is 5.02 Å². The number of morpholine rings is 1. The van der Waals surface area contributed by atoms with Crippen LogP contribution in [0.25, 0.3) is 23.0 Å². The quantitative estimate of drug-likeness (QED) is 0.475. The smallest absolute Gasteiger partial charge is 0.264 e. The van der Waals surface area contributed by atoms with E-state index in [-0.39, 0.29) is 11.5 Å². The lowest BCUT2D eigenvalue weighted by Gasteiger charge is -2.26. The highest BCUT2D eigenvalue weighted by molar-refractivity contribution is 6.30. The Bertz CT molecular complexity index is 1110. The van der Waals surface area contributed by atoms with Crippen molar-refractivity contribution in [3.05, 3.63) is 77.0 Å².